The molecule has 0 aromatic heterocycles. The maximum Gasteiger partial charge on any atom is 0.201 e. The molecule has 0 spiro atoms. The third-order valence-electron chi connectivity index (χ3n) is 2.11. The molecule has 16 heavy (non-hydrogen) atoms. The van der Waals surface area contributed by atoms with Crippen molar-refractivity contribution in [3.8, 4) is 17.2 Å². The molecule has 4 nitrogen and oxygen atoms in total. The Morgan fingerprint density at radius 1 is 1.50 bits per heavy atom. The summed E-state index contributed by atoms with van der Waals surface area (Å²) in [6.07, 6.45) is 1.87. The van der Waals surface area contributed by atoms with Crippen LogP contribution in [0.3, 0.4) is 0 Å². The molecule has 1 N–H and O–H groups in total. The summed E-state index contributed by atoms with van der Waals surface area (Å²) in [5.41, 5.74) is 0.270. The number of methoxy groups -OCH3 is 1. The first-order chi connectivity index (χ1) is 7.63. The van der Waals surface area contributed by atoms with Gasteiger partial charge >= 0.3 is 0 Å². The van der Waals surface area contributed by atoms with Crippen molar-refractivity contribution in [1.29, 1.82) is 0 Å². The zero-order valence-corrected chi connectivity index (χ0v) is 9.27. The highest BCUT2D eigenvalue weighted by atomic mass is 16.5. The summed E-state index contributed by atoms with van der Waals surface area (Å²) in [5.74, 6) is 0.194. The van der Waals surface area contributed by atoms with Gasteiger partial charge in [0.1, 0.15) is 6.10 Å². The van der Waals surface area contributed by atoms with E-state index in [4.69, 9.17) is 9.47 Å². The minimum absolute atomic E-state index is 0.113. The highest BCUT2D eigenvalue weighted by Crippen LogP contribution is 2.38. The molecule has 1 atom stereocenters. The van der Waals surface area contributed by atoms with Crippen molar-refractivity contribution in [2.75, 3.05) is 7.11 Å². The first-order valence-electron chi connectivity index (χ1n) is 4.78. The van der Waals surface area contributed by atoms with E-state index in [-0.39, 0.29) is 28.9 Å². The van der Waals surface area contributed by atoms with Crippen LogP contribution in [0.15, 0.2) is 24.8 Å². The number of rotatable bonds is 5. The van der Waals surface area contributed by atoms with Gasteiger partial charge in [-0.1, -0.05) is 12.7 Å². The Labute approximate surface area is 94.1 Å². The van der Waals surface area contributed by atoms with Gasteiger partial charge in [0, 0.05) is 0 Å². The van der Waals surface area contributed by atoms with Gasteiger partial charge in [-0.15, -0.1) is 0 Å². The largest absolute Gasteiger partial charge is 0.502 e. The van der Waals surface area contributed by atoms with Crippen molar-refractivity contribution in [3.05, 3.63) is 30.4 Å². The van der Waals surface area contributed by atoms with E-state index in [9.17, 15) is 9.90 Å². The summed E-state index contributed by atoms with van der Waals surface area (Å²) in [6, 6.07) is 3.03. The molecule has 0 aliphatic rings. The van der Waals surface area contributed by atoms with E-state index in [0.717, 1.165) is 0 Å². The standard InChI is InChI=1S/C12H14O4/c1-4-8(2)16-12-9(7-13)5-6-10(15-3)11(12)14/h4-8,14H,1H2,2-3H3. The van der Waals surface area contributed by atoms with Crippen LogP contribution in [0, 0.1) is 0 Å². The van der Waals surface area contributed by atoms with Crippen LogP contribution in [-0.4, -0.2) is 24.6 Å². The summed E-state index contributed by atoms with van der Waals surface area (Å²) >= 11 is 0. The molecular formula is C12H14O4. The predicted octanol–water partition coefficient (Wildman–Crippen LogP) is 2.17. The summed E-state index contributed by atoms with van der Waals surface area (Å²) in [6.45, 7) is 5.31. The van der Waals surface area contributed by atoms with Crippen molar-refractivity contribution in [1.82, 2.24) is 0 Å². The number of hydrogen-bond acceptors (Lipinski definition) is 4. The quantitative estimate of drug-likeness (QED) is 0.612. The number of aldehydes is 1. The predicted molar refractivity (Wildman–Crippen MR) is 60.3 cm³/mol. The average molecular weight is 222 g/mol. The van der Waals surface area contributed by atoms with Gasteiger partial charge in [0.15, 0.2) is 17.8 Å². The third-order valence-corrected chi connectivity index (χ3v) is 2.11. The van der Waals surface area contributed by atoms with Crippen molar-refractivity contribution in [2.24, 2.45) is 0 Å². The van der Waals surface area contributed by atoms with E-state index in [2.05, 4.69) is 6.58 Å². The minimum atomic E-state index is -0.309. The number of phenolic OH excluding ortho intramolecular Hbond substituents is 1. The zero-order valence-electron chi connectivity index (χ0n) is 9.27. The lowest BCUT2D eigenvalue weighted by Crippen LogP contribution is -2.09. The van der Waals surface area contributed by atoms with E-state index in [0.29, 0.717) is 6.29 Å². The number of benzene rings is 1. The first-order valence-corrected chi connectivity index (χ1v) is 4.78. The van der Waals surface area contributed by atoms with Gasteiger partial charge < -0.3 is 14.6 Å². The first kappa shape index (κ1) is 12.1. The molecule has 1 aromatic carbocycles. The lowest BCUT2D eigenvalue weighted by Gasteiger charge is -2.15. The summed E-state index contributed by atoms with van der Waals surface area (Å²) < 4.78 is 10.3. The second-order valence-corrected chi connectivity index (χ2v) is 3.21. The van der Waals surface area contributed by atoms with Crippen LogP contribution in [0.2, 0.25) is 0 Å². The van der Waals surface area contributed by atoms with Gasteiger partial charge in [-0.25, -0.2) is 0 Å². The number of phenols is 1. The normalized spacial score (nSPS) is 11.6. The van der Waals surface area contributed by atoms with Crippen LogP contribution >= 0.6 is 0 Å². The summed E-state index contributed by atoms with van der Waals surface area (Å²) in [7, 11) is 1.43. The molecule has 0 bridgehead atoms. The van der Waals surface area contributed by atoms with E-state index in [1.807, 2.05) is 0 Å². The fourth-order valence-electron chi connectivity index (χ4n) is 1.18. The van der Waals surface area contributed by atoms with Gasteiger partial charge in [0.2, 0.25) is 5.75 Å². The van der Waals surface area contributed by atoms with Crippen LogP contribution in [0.4, 0.5) is 0 Å². The molecule has 0 fully saturated rings. The van der Waals surface area contributed by atoms with Crippen LogP contribution in [0.1, 0.15) is 17.3 Å². The van der Waals surface area contributed by atoms with Gasteiger partial charge in [-0.05, 0) is 19.1 Å². The highest BCUT2D eigenvalue weighted by molar-refractivity contribution is 5.82. The van der Waals surface area contributed by atoms with Crippen LogP contribution < -0.4 is 9.47 Å². The van der Waals surface area contributed by atoms with E-state index < -0.39 is 0 Å². The second kappa shape index (κ2) is 5.21. The highest BCUT2D eigenvalue weighted by Gasteiger charge is 2.15. The fraction of sp³-hybridized carbons (Fsp3) is 0.250. The van der Waals surface area contributed by atoms with Gasteiger partial charge in [-0.3, -0.25) is 4.79 Å². The maximum absolute atomic E-state index is 10.8. The van der Waals surface area contributed by atoms with Crippen LogP contribution in [0.25, 0.3) is 0 Å². The lowest BCUT2D eigenvalue weighted by atomic mass is 10.2. The Kier molecular flexibility index (Phi) is 3.94. The smallest absolute Gasteiger partial charge is 0.201 e. The fourth-order valence-corrected chi connectivity index (χ4v) is 1.18. The third kappa shape index (κ3) is 2.34. The van der Waals surface area contributed by atoms with Crippen molar-refractivity contribution in [2.45, 2.75) is 13.0 Å². The van der Waals surface area contributed by atoms with E-state index in [1.165, 1.54) is 19.2 Å². The Hall–Kier alpha value is -1.97. The van der Waals surface area contributed by atoms with Crippen molar-refractivity contribution < 1.29 is 19.4 Å². The molecule has 0 aliphatic carbocycles. The number of hydrogen-bond donors (Lipinski definition) is 1. The van der Waals surface area contributed by atoms with E-state index in [1.54, 1.807) is 13.0 Å². The second-order valence-electron chi connectivity index (χ2n) is 3.21. The molecule has 0 radical (unpaired) electrons. The van der Waals surface area contributed by atoms with Crippen molar-refractivity contribution in [3.63, 3.8) is 0 Å². The summed E-state index contributed by atoms with van der Waals surface area (Å²) in [4.78, 5) is 10.8. The lowest BCUT2D eigenvalue weighted by molar-refractivity contribution is 0.111. The van der Waals surface area contributed by atoms with Crippen LogP contribution in [0.5, 0.6) is 17.2 Å². The Morgan fingerprint density at radius 2 is 2.19 bits per heavy atom. The molecule has 0 aliphatic heterocycles. The average Bonchev–Trinajstić information content (AvgIpc) is 2.31. The number of carbonyl (C=O) groups is 1. The molecule has 0 saturated heterocycles. The van der Waals surface area contributed by atoms with Gasteiger partial charge in [0.25, 0.3) is 0 Å². The molecular weight excluding hydrogens is 208 g/mol. The van der Waals surface area contributed by atoms with E-state index >= 15 is 0 Å². The van der Waals surface area contributed by atoms with Gasteiger partial charge in [-0.2, -0.15) is 0 Å². The molecule has 0 amide bonds. The molecule has 1 unspecified atom stereocenters. The van der Waals surface area contributed by atoms with Gasteiger partial charge in [0.05, 0.1) is 12.7 Å². The Balaban J connectivity index is 3.20. The molecule has 0 heterocycles. The van der Waals surface area contributed by atoms with Crippen molar-refractivity contribution >= 4 is 6.29 Å². The Bertz CT molecular complexity index is 398. The minimum Gasteiger partial charge on any atom is -0.502 e. The number of aromatic hydroxyl groups is 1. The summed E-state index contributed by atoms with van der Waals surface area (Å²) in [5, 5.41) is 9.80. The Morgan fingerprint density at radius 3 is 2.69 bits per heavy atom. The molecule has 1 aromatic rings. The number of carbonyl (C=O) groups excluding carboxylic acids is 1. The zero-order chi connectivity index (χ0) is 12.1. The number of ether oxygens (including phenoxy) is 2. The van der Waals surface area contributed by atoms with Crippen LogP contribution in [-0.2, 0) is 0 Å². The topological polar surface area (TPSA) is 55.8 Å². The molecule has 4 heteroatoms. The maximum atomic E-state index is 10.8. The molecule has 86 valence electrons. The monoisotopic (exact) mass is 222 g/mol. The molecule has 1 rings (SSSR count). The molecule has 0 saturated carbocycles. The SMILES string of the molecule is C=CC(C)Oc1c(C=O)ccc(OC)c1O.